The fourth-order valence-corrected chi connectivity index (χ4v) is 2.63. The highest BCUT2D eigenvalue weighted by molar-refractivity contribution is 5.58. The summed E-state index contributed by atoms with van der Waals surface area (Å²) in [7, 11) is 0. The highest BCUT2D eigenvalue weighted by Crippen LogP contribution is 2.25. The average Bonchev–Trinajstić information content (AvgIpc) is 2.94. The molecule has 1 aromatic carbocycles. The van der Waals surface area contributed by atoms with E-state index >= 15 is 0 Å². The molecule has 1 aliphatic rings. The molecule has 1 atom stereocenters. The molecule has 3 rings (SSSR count). The van der Waals surface area contributed by atoms with Gasteiger partial charge >= 0.3 is 0 Å². The molecule has 0 spiro atoms. The van der Waals surface area contributed by atoms with Crippen LogP contribution in [0, 0.1) is 5.82 Å². The normalized spacial score (nSPS) is 18.2. The lowest BCUT2D eigenvalue weighted by molar-refractivity contribution is 0.628. The van der Waals surface area contributed by atoms with Crippen LogP contribution in [-0.2, 0) is 0 Å². The zero-order valence-electron chi connectivity index (χ0n) is 13.0. The largest absolute Gasteiger partial charge is 0.355 e. The quantitative estimate of drug-likeness (QED) is 0.947. The Bertz CT molecular complexity index is 654. The first-order valence-electron chi connectivity index (χ1n) is 7.68. The van der Waals surface area contributed by atoms with E-state index in [0.717, 1.165) is 36.6 Å². The molecule has 4 nitrogen and oxygen atoms in total. The second kappa shape index (κ2) is 6.01. The van der Waals surface area contributed by atoms with Gasteiger partial charge in [-0.2, -0.15) is 0 Å². The van der Waals surface area contributed by atoms with Gasteiger partial charge in [0, 0.05) is 36.5 Å². The zero-order chi connectivity index (χ0) is 15.7. The van der Waals surface area contributed by atoms with Crippen molar-refractivity contribution in [2.75, 3.05) is 18.0 Å². The van der Waals surface area contributed by atoms with E-state index in [-0.39, 0.29) is 11.9 Å². The van der Waals surface area contributed by atoms with Gasteiger partial charge in [0.15, 0.2) is 5.82 Å². The van der Waals surface area contributed by atoms with Gasteiger partial charge < -0.3 is 10.6 Å². The Hall–Kier alpha value is -2.01. The van der Waals surface area contributed by atoms with Crippen LogP contribution in [-0.4, -0.2) is 29.1 Å². The predicted octanol–water partition coefficient (Wildman–Crippen LogP) is 2.94. The van der Waals surface area contributed by atoms with Crippen molar-refractivity contribution in [2.24, 2.45) is 5.73 Å². The van der Waals surface area contributed by atoms with Crippen LogP contribution in [0.15, 0.2) is 30.3 Å². The average molecular weight is 300 g/mol. The van der Waals surface area contributed by atoms with Gasteiger partial charge in [-0.15, -0.1) is 0 Å². The van der Waals surface area contributed by atoms with Gasteiger partial charge in [0.2, 0.25) is 0 Å². The molecule has 2 aromatic rings. The first kappa shape index (κ1) is 14.9. The Kier molecular flexibility index (Phi) is 4.07. The van der Waals surface area contributed by atoms with Gasteiger partial charge in [-0.05, 0) is 36.6 Å². The number of nitrogens with two attached hydrogens (primary N) is 1. The van der Waals surface area contributed by atoms with Crippen molar-refractivity contribution in [1.82, 2.24) is 9.97 Å². The molecular weight excluding hydrogens is 279 g/mol. The van der Waals surface area contributed by atoms with Crippen molar-refractivity contribution in [1.29, 1.82) is 0 Å². The molecule has 0 radical (unpaired) electrons. The summed E-state index contributed by atoms with van der Waals surface area (Å²) >= 11 is 0. The van der Waals surface area contributed by atoms with Gasteiger partial charge in [-0.25, -0.2) is 14.4 Å². The van der Waals surface area contributed by atoms with E-state index in [9.17, 15) is 4.39 Å². The summed E-state index contributed by atoms with van der Waals surface area (Å²) < 4.78 is 13.1. The number of benzene rings is 1. The van der Waals surface area contributed by atoms with Crippen LogP contribution in [0.2, 0.25) is 0 Å². The minimum atomic E-state index is -0.255. The SMILES string of the molecule is CC(C)c1cc(N2CCC(N)C2)nc(-c2ccc(F)cc2)n1. The second-order valence-electron chi connectivity index (χ2n) is 6.13. The Morgan fingerprint density at radius 3 is 2.55 bits per heavy atom. The monoisotopic (exact) mass is 300 g/mol. The lowest BCUT2D eigenvalue weighted by atomic mass is 10.1. The maximum atomic E-state index is 13.1. The Morgan fingerprint density at radius 1 is 1.23 bits per heavy atom. The van der Waals surface area contributed by atoms with Crippen LogP contribution in [0.1, 0.15) is 31.9 Å². The summed E-state index contributed by atoms with van der Waals surface area (Å²) in [5.74, 6) is 1.60. The van der Waals surface area contributed by atoms with Crippen molar-refractivity contribution in [2.45, 2.75) is 32.2 Å². The molecule has 1 unspecified atom stereocenters. The summed E-state index contributed by atoms with van der Waals surface area (Å²) in [4.78, 5) is 11.5. The molecule has 5 heteroatoms. The van der Waals surface area contributed by atoms with Crippen molar-refractivity contribution in [3.8, 4) is 11.4 Å². The summed E-state index contributed by atoms with van der Waals surface area (Å²) in [5, 5.41) is 0. The highest BCUT2D eigenvalue weighted by Gasteiger charge is 2.22. The number of hydrogen-bond acceptors (Lipinski definition) is 4. The van der Waals surface area contributed by atoms with Gasteiger partial charge in [0.05, 0.1) is 0 Å². The van der Waals surface area contributed by atoms with Crippen LogP contribution in [0.5, 0.6) is 0 Å². The van der Waals surface area contributed by atoms with Gasteiger partial charge in [0.1, 0.15) is 11.6 Å². The lowest BCUT2D eigenvalue weighted by Crippen LogP contribution is -2.27. The van der Waals surface area contributed by atoms with E-state index in [2.05, 4.69) is 28.7 Å². The molecular formula is C17H21FN4. The number of hydrogen-bond donors (Lipinski definition) is 1. The van der Waals surface area contributed by atoms with E-state index < -0.39 is 0 Å². The topological polar surface area (TPSA) is 55.0 Å². The molecule has 0 amide bonds. The fourth-order valence-electron chi connectivity index (χ4n) is 2.63. The number of rotatable bonds is 3. The molecule has 1 saturated heterocycles. The number of halogens is 1. The van der Waals surface area contributed by atoms with E-state index in [1.165, 1.54) is 12.1 Å². The Balaban J connectivity index is 2.02. The van der Waals surface area contributed by atoms with Crippen molar-refractivity contribution in [3.63, 3.8) is 0 Å². The number of aromatic nitrogens is 2. The third kappa shape index (κ3) is 3.09. The van der Waals surface area contributed by atoms with Crippen molar-refractivity contribution in [3.05, 3.63) is 41.8 Å². The van der Waals surface area contributed by atoms with Crippen LogP contribution in [0.4, 0.5) is 10.2 Å². The lowest BCUT2D eigenvalue weighted by Gasteiger charge is -2.19. The molecule has 116 valence electrons. The summed E-state index contributed by atoms with van der Waals surface area (Å²) in [6.45, 7) is 5.95. The van der Waals surface area contributed by atoms with Crippen LogP contribution < -0.4 is 10.6 Å². The van der Waals surface area contributed by atoms with E-state index in [1.54, 1.807) is 12.1 Å². The highest BCUT2D eigenvalue weighted by atomic mass is 19.1. The predicted molar refractivity (Wildman–Crippen MR) is 86.3 cm³/mol. The molecule has 2 heterocycles. The smallest absolute Gasteiger partial charge is 0.161 e. The van der Waals surface area contributed by atoms with Gasteiger partial charge in [-0.3, -0.25) is 0 Å². The van der Waals surface area contributed by atoms with Gasteiger partial charge in [-0.1, -0.05) is 13.8 Å². The fraction of sp³-hybridized carbons (Fsp3) is 0.412. The summed E-state index contributed by atoms with van der Waals surface area (Å²) in [6, 6.07) is 8.54. The Morgan fingerprint density at radius 2 is 1.95 bits per heavy atom. The van der Waals surface area contributed by atoms with E-state index in [4.69, 9.17) is 5.73 Å². The van der Waals surface area contributed by atoms with Crippen LogP contribution in [0.3, 0.4) is 0 Å². The third-order valence-corrected chi connectivity index (χ3v) is 3.98. The van der Waals surface area contributed by atoms with E-state index in [0.29, 0.717) is 11.7 Å². The minimum Gasteiger partial charge on any atom is -0.355 e. The molecule has 1 aliphatic heterocycles. The molecule has 2 N–H and O–H groups in total. The molecule has 1 aromatic heterocycles. The first-order valence-corrected chi connectivity index (χ1v) is 7.68. The van der Waals surface area contributed by atoms with Gasteiger partial charge in [0.25, 0.3) is 0 Å². The standard InChI is InChI=1S/C17H21FN4/c1-11(2)15-9-16(22-8-7-14(19)10-22)21-17(20-15)12-3-5-13(18)6-4-12/h3-6,9,11,14H,7-8,10,19H2,1-2H3. The minimum absolute atomic E-state index is 0.201. The molecule has 1 fully saturated rings. The van der Waals surface area contributed by atoms with E-state index in [1.807, 2.05) is 6.07 Å². The third-order valence-electron chi connectivity index (χ3n) is 3.98. The summed E-state index contributed by atoms with van der Waals surface area (Å²) in [5.41, 5.74) is 7.82. The van der Waals surface area contributed by atoms with Crippen LogP contribution >= 0.6 is 0 Å². The maximum Gasteiger partial charge on any atom is 0.161 e. The number of anilines is 1. The maximum absolute atomic E-state index is 13.1. The second-order valence-corrected chi connectivity index (χ2v) is 6.13. The molecule has 0 aliphatic carbocycles. The number of nitrogens with zero attached hydrogens (tertiary/aromatic N) is 3. The summed E-state index contributed by atoms with van der Waals surface area (Å²) in [6.07, 6.45) is 0.979. The zero-order valence-corrected chi connectivity index (χ0v) is 13.0. The first-order chi connectivity index (χ1) is 10.5. The van der Waals surface area contributed by atoms with Crippen molar-refractivity contribution >= 4 is 5.82 Å². The molecule has 0 bridgehead atoms. The molecule has 22 heavy (non-hydrogen) atoms. The van der Waals surface area contributed by atoms with Crippen molar-refractivity contribution < 1.29 is 4.39 Å². The Labute approximate surface area is 130 Å². The molecule has 0 saturated carbocycles. The van der Waals surface area contributed by atoms with Crippen LogP contribution in [0.25, 0.3) is 11.4 Å².